The van der Waals surface area contributed by atoms with Crippen molar-refractivity contribution in [1.82, 2.24) is 4.90 Å². The fourth-order valence-corrected chi connectivity index (χ4v) is 1.58. The highest BCUT2D eigenvalue weighted by Gasteiger charge is 2.20. The highest BCUT2D eigenvalue weighted by Crippen LogP contribution is 2.14. The number of rotatable bonds is 4. The van der Waals surface area contributed by atoms with Crippen LogP contribution in [0.1, 0.15) is 12.8 Å². The maximum absolute atomic E-state index is 10.5. The van der Waals surface area contributed by atoms with Crippen molar-refractivity contribution >= 4 is 5.91 Å². The smallest absolute Gasteiger partial charge is 0.218 e. The lowest BCUT2D eigenvalue weighted by Crippen LogP contribution is -2.27. The monoisotopic (exact) mass is 171 g/mol. The van der Waals surface area contributed by atoms with Gasteiger partial charge in [0.05, 0.1) is 0 Å². The number of hydrogen-bond donors (Lipinski definition) is 2. The van der Waals surface area contributed by atoms with Gasteiger partial charge >= 0.3 is 0 Å². The van der Waals surface area contributed by atoms with Crippen LogP contribution in [0.15, 0.2) is 0 Å². The molecule has 4 nitrogen and oxygen atoms in total. The second kappa shape index (κ2) is 4.42. The van der Waals surface area contributed by atoms with E-state index in [0.717, 1.165) is 32.6 Å². The third-order valence-corrected chi connectivity index (χ3v) is 2.38. The van der Waals surface area contributed by atoms with Crippen LogP contribution < -0.4 is 11.5 Å². The second-order valence-corrected chi connectivity index (χ2v) is 3.41. The van der Waals surface area contributed by atoms with Gasteiger partial charge in [0.1, 0.15) is 0 Å². The minimum absolute atomic E-state index is 0.216. The lowest BCUT2D eigenvalue weighted by molar-refractivity contribution is -0.118. The van der Waals surface area contributed by atoms with E-state index in [1.165, 1.54) is 0 Å². The van der Waals surface area contributed by atoms with E-state index in [2.05, 4.69) is 4.90 Å². The first-order chi connectivity index (χ1) is 5.72. The van der Waals surface area contributed by atoms with Crippen LogP contribution in [-0.4, -0.2) is 37.0 Å². The Morgan fingerprint density at radius 1 is 1.58 bits per heavy atom. The topological polar surface area (TPSA) is 72.3 Å². The van der Waals surface area contributed by atoms with Gasteiger partial charge in [-0.15, -0.1) is 0 Å². The number of hydrogen-bond acceptors (Lipinski definition) is 3. The maximum Gasteiger partial charge on any atom is 0.218 e. The minimum atomic E-state index is -0.216. The van der Waals surface area contributed by atoms with E-state index in [0.29, 0.717) is 12.3 Å². The number of nitrogens with zero attached hydrogens (tertiary/aromatic N) is 1. The van der Waals surface area contributed by atoms with Gasteiger partial charge < -0.3 is 16.4 Å². The Morgan fingerprint density at radius 3 is 2.83 bits per heavy atom. The van der Waals surface area contributed by atoms with Crippen LogP contribution in [0, 0.1) is 5.92 Å². The van der Waals surface area contributed by atoms with Crippen molar-refractivity contribution in [3.05, 3.63) is 0 Å². The van der Waals surface area contributed by atoms with E-state index in [-0.39, 0.29) is 5.91 Å². The van der Waals surface area contributed by atoms with Crippen molar-refractivity contribution in [3.63, 3.8) is 0 Å². The van der Waals surface area contributed by atoms with Gasteiger partial charge in [-0.3, -0.25) is 4.79 Å². The predicted molar refractivity (Wildman–Crippen MR) is 47.4 cm³/mol. The molecule has 0 saturated carbocycles. The molecule has 0 aromatic carbocycles. The average Bonchev–Trinajstić information content (AvgIpc) is 2.48. The Morgan fingerprint density at radius 2 is 2.33 bits per heavy atom. The third-order valence-electron chi connectivity index (χ3n) is 2.38. The molecule has 1 unspecified atom stereocenters. The average molecular weight is 171 g/mol. The van der Waals surface area contributed by atoms with Crippen molar-refractivity contribution in [2.24, 2.45) is 17.4 Å². The lowest BCUT2D eigenvalue weighted by atomic mass is 10.1. The van der Waals surface area contributed by atoms with Gasteiger partial charge in [0, 0.05) is 19.5 Å². The Bertz CT molecular complexity index is 160. The molecule has 12 heavy (non-hydrogen) atoms. The molecule has 0 aromatic heterocycles. The molecule has 0 radical (unpaired) electrons. The maximum atomic E-state index is 10.5. The molecule has 0 aromatic rings. The summed E-state index contributed by atoms with van der Waals surface area (Å²) in [6, 6.07) is 0. The number of carbonyl (C=O) groups is 1. The van der Waals surface area contributed by atoms with E-state index < -0.39 is 0 Å². The summed E-state index contributed by atoms with van der Waals surface area (Å²) in [5.41, 5.74) is 10.6. The molecule has 1 fully saturated rings. The molecule has 70 valence electrons. The van der Waals surface area contributed by atoms with Gasteiger partial charge in [-0.1, -0.05) is 0 Å². The lowest BCUT2D eigenvalue weighted by Gasteiger charge is -2.13. The molecule has 0 aliphatic carbocycles. The Balaban J connectivity index is 2.15. The van der Waals surface area contributed by atoms with Crippen molar-refractivity contribution in [2.45, 2.75) is 12.8 Å². The third kappa shape index (κ3) is 2.79. The van der Waals surface area contributed by atoms with Crippen molar-refractivity contribution in [3.8, 4) is 0 Å². The number of nitrogens with two attached hydrogens (primary N) is 2. The molecule has 4 N–H and O–H groups in total. The SMILES string of the molecule is NCC1CCN(CCC(N)=O)C1. The molecule has 1 aliphatic heterocycles. The van der Waals surface area contributed by atoms with Crippen molar-refractivity contribution < 1.29 is 4.79 Å². The first-order valence-electron chi connectivity index (χ1n) is 4.43. The summed E-state index contributed by atoms with van der Waals surface area (Å²) < 4.78 is 0. The van der Waals surface area contributed by atoms with E-state index in [1.807, 2.05) is 0 Å². The van der Waals surface area contributed by atoms with Crippen LogP contribution in [0.25, 0.3) is 0 Å². The molecule has 1 heterocycles. The zero-order valence-corrected chi connectivity index (χ0v) is 7.33. The summed E-state index contributed by atoms with van der Waals surface area (Å²) in [5, 5.41) is 0. The van der Waals surface area contributed by atoms with Crippen LogP contribution in [0.4, 0.5) is 0 Å². The fourth-order valence-electron chi connectivity index (χ4n) is 1.58. The van der Waals surface area contributed by atoms with Gasteiger partial charge in [0.25, 0.3) is 0 Å². The second-order valence-electron chi connectivity index (χ2n) is 3.41. The Labute approximate surface area is 72.9 Å². The zero-order valence-electron chi connectivity index (χ0n) is 7.33. The number of likely N-dealkylation sites (tertiary alicyclic amines) is 1. The molecule has 1 aliphatic rings. The number of carbonyl (C=O) groups excluding carboxylic acids is 1. The summed E-state index contributed by atoms with van der Waals surface area (Å²) in [6.07, 6.45) is 1.63. The van der Waals surface area contributed by atoms with Gasteiger partial charge in [0.2, 0.25) is 5.91 Å². The number of primary amides is 1. The van der Waals surface area contributed by atoms with E-state index in [4.69, 9.17) is 11.5 Å². The summed E-state index contributed by atoms with van der Waals surface area (Å²) in [7, 11) is 0. The summed E-state index contributed by atoms with van der Waals surface area (Å²) >= 11 is 0. The van der Waals surface area contributed by atoms with E-state index >= 15 is 0 Å². The normalized spacial score (nSPS) is 24.6. The Hall–Kier alpha value is -0.610. The standard InChI is InChI=1S/C8H17N3O/c9-5-7-1-3-11(6-7)4-2-8(10)12/h7H,1-6,9H2,(H2,10,12). The molecule has 1 atom stereocenters. The molecule has 1 amide bonds. The van der Waals surface area contributed by atoms with Gasteiger partial charge in [-0.2, -0.15) is 0 Å². The van der Waals surface area contributed by atoms with E-state index in [1.54, 1.807) is 0 Å². The van der Waals surface area contributed by atoms with Crippen molar-refractivity contribution in [1.29, 1.82) is 0 Å². The van der Waals surface area contributed by atoms with Gasteiger partial charge in [-0.05, 0) is 25.4 Å². The predicted octanol–water partition coefficient (Wildman–Crippen LogP) is -0.858. The first-order valence-corrected chi connectivity index (χ1v) is 4.43. The van der Waals surface area contributed by atoms with Crippen molar-refractivity contribution in [2.75, 3.05) is 26.2 Å². The van der Waals surface area contributed by atoms with E-state index in [9.17, 15) is 4.79 Å². The van der Waals surface area contributed by atoms with Crippen LogP contribution in [0.2, 0.25) is 0 Å². The van der Waals surface area contributed by atoms with Crippen LogP contribution in [0.3, 0.4) is 0 Å². The zero-order chi connectivity index (χ0) is 8.97. The first kappa shape index (κ1) is 9.48. The van der Waals surface area contributed by atoms with Crippen LogP contribution in [-0.2, 0) is 4.79 Å². The molecule has 4 heteroatoms. The van der Waals surface area contributed by atoms with Gasteiger partial charge in [-0.25, -0.2) is 0 Å². The fraction of sp³-hybridized carbons (Fsp3) is 0.875. The highest BCUT2D eigenvalue weighted by atomic mass is 16.1. The molecule has 1 saturated heterocycles. The molecule has 1 rings (SSSR count). The summed E-state index contributed by atoms with van der Waals surface area (Å²) in [5.74, 6) is 0.407. The Kier molecular flexibility index (Phi) is 3.49. The largest absolute Gasteiger partial charge is 0.370 e. The highest BCUT2D eigenvalue weighted by molar-refractivity contribution is 5.73. The quantitative estimate of drug-likeness (QED) is 0.578. The summed E-state index contributed by atoms with van der Waals surface area (Å²) in [4.78, 5) is 12.7. The molecular formula is C8H17N3O. The molecular weight excluding hydrogens is 154 g/mol. The van der Waals surface area contributed by atoms with Crippen LogP contribution >= 0.6 is 0 Å². The summed E-state index contributed by atoms with van der Waals surface area (Å²) in [6.45, 7) is 3.65. The van der Waals surface area contributed by atoms with Gasteiger partial charge in [0.15, 0.2) is 0 Å². The number of amides is 1. The molecule has 0 spiro atoms. The van der Waals surface area contributed by atoms with Crippen LogP contribution in [0.5, 0.6) is 0 Å². The molecule has 0 bridgehead atoms. The minimum Gasteiger partial charge on any atom is -0.370 e.